The van der Waals surface area contributed by atoms with Crippen LogP contribution in [0.3, 0.4) is 0 Å². The third kappa shape index (κ3) is 2.30. The van der Waals surface area contributed by atoms with E-state index in [0.29, 0.717) is 5.57 Å². The maximum atomic E-state index is 9.03. The molecule has 0 aromatic carbocycles. The quantitative estimate of drug-likeness (QED) is 0.717. The summed E-state index contributed by atoms with van der Waals surface area (Å²) in [5, 5.41) is 11.0. The number of allylic oxidation sites excluding steroid dienone is 1. The Hall–Kier alpha value is -1.92. The van der Waals surface area contributed by atoms with Crippen molar-refractivity contribution in [2.75, 3.05) is 0 Å². The average Bonchev–Trinajstić information content (AvgIpc) is 2.81. The number of rotatable bonds is 2. The molecular formula is C12H8N2S. The van der Waals surface area contributed by atoms with Crippen LogP contribution in [-0.2, 0) is 0 Å². The molecule has 0 radical (unpaired) electrons. The molecule has 0 fully saturated rings. The smallest absolute Gasteiger partial charge is 0.101 e. The first-order valence-electron chi connectivity index (χ1n) is 4.46. The third-order valence-electron chi connectivity index (χ3n) is 1.90. The Bertz CT molecular complexity index is 492. The highest BCUT2D eigenvalue weighted by Crippen LogP contribution is 2.21. The van der Waals surface area contributed by atoms with Gasteiger partial charge in [-0.1, -0.05) is 12.1 Å². The highest BCUT2D eigenvalue weighted by Gasteiger charge is 2.00. The third-order valence-corrected chi connectivity index (χ3v) is 2.81. The Morgan fingerprint density at radius 3 is 2.93 bits per heavy atom. The zero-order chi connectivity index (χ0) is 10.5. The molecule has 2 heterocycles. The van der Waals surface area contributed by atoms with Crippen LogP contribution in [0.25, 0.3) is 11.6 Å². The minimum atomic E-state index is 0.679. The van der Waals surface area contributed by atoms with Gasteiger partial charge in [0.25, 0.3) is 0 Å². The van der Waals surface area contributed by atoms with Crippen molar-refractivity contribution < 1.29 is 0 Å². The second-order valence-corrected chi connectivity index (χ2v) is 3.88. The largest absolute Gasteiger partial charge is 0.264 e. The van der Waals surface area contributed by atoms with Gasteiger partial charge in [-0.25, -0.2) is 0 Å². The summed E-state index contributed by atoms with van der Waals surface area (Å²) in [5.41, 5.74) is 1.63. The van der Waals surface area contributed by atoms with Gasteiger partial charge in [0.05, 0.1) is 5.57 Å². The predicted molar refractivity (Wildman–Crippen MR) is 62.0 cm³/mol. The molecule has 2 nitrogen and oxygen atoms in total. The molecule has 0 N–H and O–H groups in total. The summed E-state index contributed by atoms with van der Waals surface area (Å²) in [7, 11) is 0. The molecule has 0 atom stereocenters. The first-order chi connectivity index (χ1) is 7.40. The molecule has 0 saturated carbocycles. The molecule has 0 aliphatic rings. The lowest BCUT2D eigenvalue weighted by Gasteiger charge is -1.94. The van der Waals surface area contributed by atoms with Gasteiger partial charge in [0.1, 0.15) is 6.07 Å². The lowest BCUT2D eigenvalue weighted by atomic mass is 10.1. The molecule has 3 heteroatoms. The van der Waals surface area contributed by atoms with Crippen LogP contribution in [0.15, 0.2) is 42.0 Å². The molecule has 0 aliphatic heterocycles. The van der Waals surface area contributed by atoms with Gasteiger partial charge in [0, 0.05) is 17.3 Å². The average molecular weight is 212 g/mol. The van der Waals surface area contributed by atoms with E-state index in [4.69, 9.17) is 5.26 Å². The van der Waals surface area contributed by atoms with E-state index in [1.807, 2.05) is 35.7 Å². The number of nitriles is 1. The van der Waals surface area contributed by atoms with Crippen LogP contribution < -0.4 is 0 Å². The normalized spacial score (nSPS) is 11.0. The molecule has 0 spiro atoms. The first-order valence-corrected chi connectivity index (χ1v) is 5.34. The van der Waals surface area contributed by atoms with Gasteiger partial charge in [0.2, 0.25) is 0 Å². The van der Waals surface area contributed by atoms with Crippen LogP contribution in [-0.4, -0.2) is 4.98 Å². The van der Waals surface area contributed by atoms with Gasteiger partial charge in [-0.05, 0) is 29.2 Å². The van der Waals surface area contributed by atoms with Gasteiger partial charge in [-0.2, -0.15) is 5.26 Å². The number of aromatic nitrogens is 1. The van der Waals surface area contributed by atoms with Gasteiger partial charge in [-0.15, -0.1) is 11.3 Å². The maximum absolute atomic E-state index is 9.03. The van der Waals surface area contributed by atoms with Crippen molar-refractivity contribution in [2.24, 2.45) is 0 Å². The van der Waals surface area contributed by atoms with E-state index in [1.54, 1.807) is 23.7 Å². The van der Waals surface area contributed by atoms with Crippen molar-refractivity contribution in [3.05, 3.63) is 52.5 Å². The van der Waals surface area contributed by atoms with E-state index < -0.39 is 0 Å². The summed E-state index contributed by atoms with van der Waals surface area (Å²) in [6.45, 7) is 0. The fourth-order valence-corrected chi connectivity index (χ4v) is 1.91. The van der Waals surface area contributed by atoms with Crippen LogP contribution in [0.2, 0.25) is 0 Å². The Morgan fingerprint density at radius 2 is 2.33 bits per heavy atom. The fraction of sp³-hybridized carbons (Fsp3) is 0. The minimum Gasteiger partial charge on any atom is -0.264 e. The van der Waals surface area contributed by atoms with E-state index in [0.717, 1.165) is 10.4 Å². The fourth-order valence-electron chi connectivity index (χ4n) is 1.22. The molecule has 0 amide bonds. The molecule has 15 heavy (non-hydrogen) atoms. The molecule has 72 valence electrons. The van der Waals surface area contributed by atoms with Crippen molar-refractivity contribution in [1.82, 2.24) is 4.98 Å². The van der Waals surface area contributed by atoms with Gasteiger partial charge >= 0.3 is 0 Å². The number of thiophene rings is 1. The molecule has 2 aromatic rings. The topological polar surface area (TPSA) is 36.7 Å². The van der Waals surface area contributed by atoms with E-state index in [2.05, 4.69) is 11.1 Å². The van der Waals surface area contributed by atoms with Crippen molar-refractivity contribution in [1.29, 1.82) is 5.26 Å². The van der Waals surface area contributed by atoms with Crippen molar-refractivity contribution in [3.8, 4) is 6.07 Å². The molecule has 2 rings (SSSR count). The predicted octanol–water partition coefficient (Wildman–Crippen LogP) is 3.21. The number of nitrogens with zero attached hydrogens (tertiary/aromatic N) is 2. The van der Waals surface area contributed by atoms with E-state index in [9.17, 15) is 0 Å². The minimum absolute atomic E-state index is 0.679. The Labute approximate surface area is 92.1 Å². The summed E-state index contributed by atoms with van der Waals surface area (Å²) >= 11 is 1.56. The Kier molecular flexibility index (Phi) is 2.91. The summed E-state index contributed by atoms with van der Waals surface area (Å²) in [6.07, 6.45) is 5.30. The summed E-state index contributed by atoms with van der Waals surface area (Å²) in [5.74, 6) is 0. The zero-order valence-corrected chi connectivity index (χ0v) is 8.74. The summed E-state index contributed by atoms with van der Waals surface area (Å²) < 4.78 is 0. The van der Waals surface area contributed by atoms with Crippen LogP contribution in [0.5, 0.6) is 0 Å². The zero-order valence-electron chi connectivity index (χ0n) is 7.92. The SMILES string of the molecule is N#C/C(=C\c1cccnc1)c1cccs1. The standard InChI is InChI=1S/C12H8N2S/c13-8-11(12-4-2-6-15-12)7-10-3-1-5-14-9-10/h1-7,9H/b11-7+. The van der Waals surface area contributed by atoms with Gasteiger partial charge in [-0.3, -0.25) is 4.98 Å². The monoisotopic (exact) mass is 212 g/mol. The van der Waals surface area contributed by atoms with Crippen molar-refractivity contribution in [3.63, 3.8) is 0 Å². The summed E-state index contributed by atoms with van der Waals surface area (Å²) in [6, 6.07) is 9.86. The second kappa shape index (κ2) is 4.54. The number of hydrogen-bond acceptors (Lipinski definition) is 3. The van der Waals surface area contributed by atoms with Gasteiger partial charge < -0.3 is 0 Å². The van der Waals surface area contributed by atoms with E-state index in [1.165, 1.54) is 0 Å². The van der Waals surface area contributed by atoms with Crippen LogP contribution >= 0.6 is 11.3 Å². The van der Waals surface area contributed by atoms with Crippen LogP contribution in [0.4, 0.5) is 0 Å². The number of pyridine rings is 1. The molecule has 0 bridgehead atoms. The molecule has 0 aliphatic carbocycles. The van der Waals surface area contributed by atoms with Crippen LogP contribution in [0, 0.1) is 11.3 Å². The van der Waals surface area contributed by atoms with E-state index in [-0.39, 0.29) is 0 Å². The molecular weight excluding hydrogens is 204 g/mol. The Balaban J connectivity index is 2.37. The second-order valence-electron chi connectivity index (χ2n) is 2.93. The lowest BCUT2D eigenvalue weighted by Crippen LogP contribution is -1.78. The molecule has 0 unspecified atom stereocenters. The van der Waals surface area contributed by atoms with Gasteiger partial charge in [0.15, 0.2) is 0 Å². The Morgan fingerprint density at radius 1 is 1.40 bits per heavy atom. The van der Waals surface area contributed by atoms with Crippen molar-refractivity contribution in [2.45, 2.75) is 0 Å². The van der Waals surface area contributed by atoms with Crippen LogP contribution in [0.1, 0.15) is 10.4 Å². The summed E-state index contributed by atoms with van der Waals surface area (Å²) in [4.78, 5) is 4.99. The first kappa shape index (κ1) is 9.63. The highest BCUT2D eigenvalue weighted by atomic mass is 32.1. The maximum Gasteiger partial charge on any atom is 0.101 e. The lowest BCUT2D eigenvalue weighted by molar-refractivity contribution is 1.32. The molecule has 0 saturated heterocycles. The highest BCUT2D eigenvalue weighted by molar-refractivity contribution is 7.11. The number of hydrogen-bond donors (Lipinski definition) is 0. The van der Waals surface area contributed by atoms with E-state index >= 15 is 0 Å². The molecule has 2 aromatic heterocycles. The van der Waals surface area contributed by atoms with Crippen molar-refractivity contribution >= 4 is 23.0 Å².